The van der Waals surface area contributed by atoms with Crippen molar-refractivity contribution in [2.24, 2.45) is 0 Å². The van der Waals surface area contributed by atoms with E-state index in [4.69, 9.17) is 0 Å². The molecule has 0 saturated carbocycles. The quantitative estimate of drug-likeness (QED) is 0.524. The molecule has 6 nitrogen and oxygen atoms in total. The molecule has 1 saturated heterocycles. The third-order valence-corrected chi connectivity index (χ3v) is 6.58. The second-order valence-corrected chi connectivity index (χ2v) is 9.25. The Labute approximate surface area is 152 Å². The molecule has 1 aliphatic heterocycles. The number of rotatable bonds is 8. The second-order valence-electron chi connectivity index (χ2n) is 7.32. The molecule has 1 aliphatic rings. The monoisotopic (exact) mass is 370 g/mol. The van der Waals surface area contributed by atoms with Gasteiger partial charge in [-0.2, -0.15) is 0 Å². The Bertz CT molecular complexity index is 623. The minimum atomic E-state index is -3.18. The van der Waals surface area contributed by atoms with E-state index in [0.717, 1.165) is 31.9 Å². The Hall–Kier alpha value is -1.15. The number of nitrogens with zero attached hydrogens (tertiary/aromatic N) is 1. The second kappa shape index (κ2) is 8.98. The van der Waals surface area contributed by atoms with Gasteiger partial charge in [0.25, 0.3) is 0 Å². The van der Waals surface area contributed by atoms with Crippen molar-refractivity contribution in [2.45, 2.75) is 19.4 Å². The first-order valence-corrected chi connectivity index (χ1v) is 10.9. The zero-order valence-corrected chi connectivity index (χ0v) is 16.8. The fraction of sp³-hybridized carbons (Fsp3) is 0.667. The molecule has 0 bridgehead atoms. The van der Waals surface area contributed by atoms with Gasteiger partial charge in [0.1, 0.15) is 32.2 Å². The van der Waals surface area contributed by atoms with E-state index >= 15 is 0 Å². The number of hydrogen-bond donors (Lipinski definition) is 3. The number of piperazine rings is 1. The van der Waals surface area contributed by atoms with Crippen molar-refractivity contribution in [1.29, 1.82) is 0 Å². The van der Waals surface area contributed by atoms with Crippen molar-refractivity contribution in [3.63, 3.8) is 0 Å². The topological polar surface area (TPSA) is 58.3 Å². The predicted octanol–water partition coefficient (Wildman–Crippen LogP) is -1.46. The molecule has 3 N–H and O–H groups in total. The van der Waals surface area contributed by atoms with Crippen LogP contribution in [0.3, 0.4) is 0 Å². The summed E-state index contributed by atoms with van der Waals surface area (Å²) in [6, 6.07) is 8.68. The van der Waals surface area contributed by atoms with E-state index < -0.39 is 10.0 Å². The van der Waals surface area contributed by atoms with Crippen LogP contribution in [0.15, 0.2) is 24.3 Å². The number of likely N-dealkylation sites (N-methyl/N-ethyl adjacent to an activating group) is 1. The highest BCUT2D eigenvalue weighted by Gasteiger charge is 2.30. The lowest BCUT2D eigenvalue weighted by atomic mass is 10.0. The SMILES string of the molecule is CCCS(=O)(=O)NC[C@@H](c1ccc(N(C)C)cc1)[NH+]1CC[NH+](C)CC1. The van der Waals surface area contributed by atoms with Gasteiger partial charge >= 0.3 is 0 Å². The Morgan fingerprint density at radius 2 is 1.72 bits per heavy atom. The van der Waals surface area contributed by atoms with Crippen LogP contribution in [0.4, 0.5) is 5.69 Å². The van der Waals surface area contributed by atoms with Crippen molar-refractivity contribution in [1.82, 2.24) is 4.72 Å². The largest absolute Gasteiger partial charge is 0.378 e. The summed E-state index contributed by atoms with van der Waals surface area (Å²) in [5.74, 6) is 0.196. The number of sulfonamides is 1. The summed E-state index contributed by atoms with van der Waals surface area (Å²) in [6.45, 7) is 6.76. The average Bonchev–Trinajstić information content (AvgIpc) is 2.57. The molecule has 1 heterocycles. The molecule has 0 aliphatic carbocycles. The smallest absolute Gasteiger partial charge is 0.211 e. The molecule has 0 amide bonds. The van der Waals surface area contributed by atoms with Gasteiger partial charge in [-0.25, -0.2) is 13.1 Å². The van der Waals surface area contributed by atoms with Gasteiger partial charge in [0.15, 0.2) is 0 Å². The lowest BCUT2D eigenvalue weighted by Crippen LogP contribution is -3.27. The van der Waals surface area contributed by atoms with Gasteiger partial charge in [0.05, 0.1) is 19.3 Å². The predicted molar refractivity (Wildman–Crippen MR) is 103 cm³/mol. The summed E-state index contributed by atoms with van der Waals surface area (Å²) in [4.78, 5) is 5.11. The Morgan fingerprint density at radius 1 is 1.12 bits per heavy atom. The van der Waals surface area contributed by atoms with Crippen molar-refractivity contribution in [3.8, 4) is 0 Å². The van der Waals surface area contributed by atoms with Gasteiger partial charge in [-0.3, -0.25) is 0 Å². The lowest BCUT2D eigenvalue weighted by molar-refractivity contribution is -1.02. The number of hydrogen-bond acceptors (Lipinski definition) is 3. The molecule has 0 aromatic heterocycles. The molecule has 7 heteroatoms. The maximum atomic E-state index is 12.1. The first kappa shape index (κ1) is 20.2. The van der Waals surface area contributed by atoms with Crippen molar-refractivity contribution < 1.29 is 18.2 Å². The zero-order valence-electron chi connectivity index (χ0n) is 16.0. The van der Waals surface area contributed by atoms with Gasteiger partial charge in [0, 0.05) is 25.3 Å². The summed E-state index contributed by atoms with van der Waals surface area (Å²) in [5, 5.41) is 0. The summed E-state index contributed by atoms with van der Waals surface area (Å²) in [6.07, 6.45) is 0.641. The van der Waals surface area contributed by atoms with Gasteiger partial charge in [-0.05, 0) is 18.6 Å². The van der Waals surface area contributed by atoms with Crippen LogP contribution in [0.25, 0.3) is 0 Å². The van der Waals surface area contributed by atoms with Crippen LogP contribution in [-0.2, 0) is 10.0 Å². The van der Waals surface area contributed by atoms with E-state index in [1.807, 2.05) is 21.0 Å². The summed E-state index contributed by atoms with van der Waals surface area (Å²) in [7, 11) is 3.10. The molecule has 1 aromatic carbocycles. The third-order valence-electron chi connectivity index (χ3n) is 5.03. The molecular weight excluding hydrogens is 336 g/mol. The molecular formula is C18H34N4O2S+2. The Morgan fingerprint density at radius 3 is 2.24 bits per heavy atom. The van der Waals surface area contributed by atoms with Crippen LogP contribution >= 0.6 is 0 Å². The minimum Gasteiger partial charge on any atom is -0.378 e. The van der Waals surface area contributed by atoms with Crippen LogP contribution in [0, 0.1) is 0 Å². The van der Waals surface area contributed by atoms with E-state index in [1.54, 1.807) is 4.90 Å². The molecule has 0 spiro atoms. The Kier molecular flexibility index (Phi) is 7.25. The van der Waals surface area contributed by atoms with Crippen molar-refractivity contribution in [3.05, 3.63) is 29.8 Å². The lowest BCUT2D eigenvalue weighted by Gasteiger charge is -2.33. The minimum absolute atomic E-state index is 0.163. The average molecular weight is 371 g/mol. The van der Waals surface area contributed by atoms with Crippen LogP contribution in [0.2, 0.25) is 0 Å². The molecule has 1 aromatic rings. The van der Waals surface area contributed by atoms with Crippen LogP contribution in [0.1, 0.15) is 24.9 Å². The molecule has 142 valence electrons. The van der Waals surface area contributed by atoms with Gasteiger partial charge in [-0.15, -0.1) is 0 Å². The maximum Gasteiger partial charge on any atom is 0.211 e. The molecule has 0 radical (unpaired) electrons. The van der Waals surface area contributed by atoms with Crippen molar-refractivity contribution >= 4 is 15.7 Å². The molecule has 25 heavy (non-hydrogen) atoms. The molecule has 0 unspecified atom stereocenters. The number of quaternary nitrogens is 2. The van der Waals surface area contributed by atoms with Gasteiger partial charge in [0.2, 0.25) is 10.0 Å². The van der Waals surface area contributed by atoms with Crippen LogP contribution < -0.4 is 19.4 Å². The van der Waals surface area contributed by atoms with E-state index in [1.165, 1.54) is 10.5 Å². The van der Waals surface area contributed by atoms with E-state index in [0.29, 0.717) is 13.0 Å². The number of benzene rings is 1. The Balaban J connectivity index is 2.16. The first-order chi connectivity index (χ1) is 11.8. The number of anilines is 1. The highest BCUT2D eigenvalue weighted by Crippen LogP contribution is 2.16. The van der Waals surface area contributed by atoms with E-state index in [2.05, 4.69) is 40.9 Å². The molecule has 1 atom stereocenters. The normalized spacial score (nSPS) is 22.6. The zero-order chi connectivity index (χ0) is 18.4. The number of nitrogens with one attached hydrogen (secondary N) is 3. The van der Waals surface area contributed by atoms with Gasteiger partial charge < -0.3 is 14.7 Å². The summed E-state index contributed by atoms with van der Waals surface area (Å²) >= 11 is 0. The summed E-state index contributed by atoms with van der Waals surface area (Å²) in [5.41, 5.74) is 2.37. The first-order valence-electron chi connectivity index (χ1n) is 9.23. The fourth-order valence-electron chi connectivity index (χ4n) is 3.40. The highest BCUT2D eigenvalue weighted by molar-refractivity contribution is 7.89. The van der Waals surface area contributed by atoms with Crippen molar-refractivity contribution in [2.75, 3.05) is 64.5 Å². The standard InChI is InChI=1S/C18H32N4O2S/c1-5-14-25(23,24)19-15-18(22-12-10-21(4)11-13-22)16-6-8-17(9-7-16)20(2)3/h6-9,18-19H,5,10-15H2,1-4H3/p+2/t18-/m0/s1. The summed E-state index contributed by atoms with van der Waals surface area (Å²) < 4.78 is 27.1. The molecule has 2 rings (SSSR count). The maximum absolute atomic E-state index is 12.1. The van der Waals surface area contributed by atoms with Crippen LogP contribution in [0.5, 0.6) is 0 Å². The van der Waals surface area contributed by atoms with E-state index in [-0.39, 0.29) is 11.8 Å². The fourth-order valence-corrected chi connectivity index (χ4v) is 4.50. The molecule has 1 fully saturated rings. The highest BCUT2D eigenvalue weighted by atomic mass is 32.2. The van der Waals surface area contributed by atoms with Crippen LogP contribution in [-0.4, -0.2) is 68.0 Å². The van der Waals surface area contributed by atoms with Gasteiger partial charge in [-0.1, -0.05) is 19.1 Å². The van der Waals surface area contributed by atoms with E-state index in [9.17, 15) is 8.42 Å². The third kappa shape index (κ3) is 5.95.